The molecule has 0 aromatic rings. The molecule has 1 fully saturated rings. The Morgan fingerprint density at radius 2 is 1.95 bits per heavy atom. The van der Waals surface area contributed by atoms with Gasteiger partial charge in [0.05, 0.1) is 12.0 Å². The van der Waals surface area contributed by atoms with Crippen molar-refractivity contribution in [3.8, 4) is 12.3 Å². The molecule has 0 atom stereocenters. The molecule has 0 radical (unpaired) electrons. The van der Waals surface area contributed by atoms with Crippen LogP contribution in [0.1, 0.15) is 39.5 Å². The second-order valence-electron chi connectivity index (χ2n) is 5.32. The van der Waals surface area contributed by atoms with E-state index in [1.165, 1.54) is 0 Å². The number of rotatable bonds is 5. The van der Waals surface area contributed by atoms with Crippen LogP contribution in [-0.2, 0) is 4.79 Å². The summed E-state index contributed by atoms with van der Waals surface area (Å²) in [5.41, 5.74) is -0.658. The quantitative estimate of drug-likeness (QED) is 0.784. The van der Waals surface area contributed by atoms with Crippen molar-refractivity contribution in [1.29, 1.82) is 0 Å². The van der Waals surface area contributed by atoms with Crippen molar-refractivity contribution in [3.05, 3.63) is 0 Å². The molecule has 5 nitrogen and oxygen atoms in total. The maximum atomic E-state index is 12.3. The number of urea groups is 1. The Balaban J connectivity index is 2.67. The van der Waals surface area contributed by atoms with Gasteiger partial charge in [-0.05, 0) is 26.2 Å². The molecule has 0 spiro atoms. The van der Waals surface area contributed by atoms with Gasteiger partial charge in [0.15, 0.2) is 0 Å². The number of hydrogen-bond acceptors (Lipinski definition) is 2. The van der Waals surface area contributed by atoms with E-state index in [9.17, 15) is 14.7 Å². The zero-order valence-corrected chi connectivity index (χ0v) is 12.4. The third-order valence-corrected chi connectivity index (χ3v) is 4.11. The van der Waals surface area contributed by atoms with Gasteiger partial charge in [-0.1, -0.05) is 19.3 Å². The van der Waals surface area contributed by atoms with Crippen LogP contribution < -0.4 is 0 Å². The summed E-state index contributed by atoms with van der Waals surface area (Å²) in [5.74, 6) is 1.74. The first-order valence-electron chi connectivity index (χ1n) is 7.21. The Morgan fingerprint density at radius 3 is 2.35 bits per heavy atom. The van der Waals surface area contributed by atoms with Crippen LogP contribution in [0.25, 0.3) is 0 Å². The second kappa shape index (κ2) is 7.18. The van der Waals surface area contributed by atoms with Crippen LogP contribution >= 0.6 is 0 Å². The number of amides is 2. The molecule has 1 aliphatic rings. The van der Waals surface area contributed by atoms with Gasteiger partial charge in [-0.3, -0.25) is 4.79 Å². The predicted molar refractivity (Wildman–Crippen MR) is 77.3 cm³/mol. The number of hydrogen-bond donors (Lipinski definition) is 1. The van der Waals surface area contributed by atoms with Crippen molar-refractivity contribution in [2.75, 3.05) is 26.2 Å². The normalized spacial score (nSPS) is 17.4. The van der Waals surface area contributed by atoms with Gasteiger partial charge < -0.3 is 14.9 Å². The van der Waals surface area contributed by atoms with Gasteiger partial charge in [0.2, 0.25) is 0 Å². The lowest BCUT2D eigenvalue weighted by atomic mass is 9.75. The maximum Gasteiger partial charge on any atom is 0.320 e. The van der Waals surface area contributed by atoms with Gasteiger partial charge >= 0.3 is 12.0 Å². The minimum Gasteiger partial charge on any atom is -0.481 e. The van der Waals surface area contributed by atoms with Crippen LogP contribution in [0.2, 0.25) is 0 Å². The summed E-state index contributed by atoms with van der Waals surface area (Å²) >= 11 is 0. The molecule has 1 aliphatic heterocycles. The molecule has 2 amide bonds. The minimum absolute atomic E-state index is 0.0825. The fourth-order valence-electron chi connectivity index (χ4n) is 2.80. The number of piperidine rings is 1. The number of likely N-dealkylation sites (tertiary alicyclic amines) is 1. The summed E-state index contributed by atoms with van der Waals surface area (Å²) in [6.45, 7) is 5.73. The van der Waals surface area contributed by atoms with Crippen molar-refractivity contribution < 1.29 is 14.7 Å². The van der Waals surface area contributed by atoms with Crippen molar-refractivity contribution in [1.82, 2.24) is 9.80 Å². The molecule has 0 bridgehead atoms. The molecular formula is C15H24N2O3. The van der Waals surface area contributed by atoms with E-state index in [-0.39, 0.29) is 6.03 Å². The third-order valence-electron chi connectivity index (χ3n) is 4.11. The van der Waals surface area contributed by atoms with E-state index in [2.05, 4.69) is 5.92 Å². The molecule has 0 aromatic heterocycles. The lowest BCUT2D eigenvalue weighted by Gasteiger charge is -2.40. The lowest BCUT2D eigenvalue weighted by molar-refractivity contribution is -0.152. The summed E-state index contributed by atoms with van der Waals surface area (Å²) in [6.07, 6.45) is 7.82. The highest BCUT2D eigenvalue weighted by molar-refractivity contribution is 5.77. The van der Waals surface area contributed by atoms with Gasteiger partial charge in [-0.2, -0.15) is 0 Å². The van der Waals surface area contributed by atoms with Crippen LogP contribution in [0.4, 0.5) is 4.79 Å². The van der Waals surface area contributed by atoms with Gasteiger partial charge in [0, 0.05) is 19.6 Å². The maximum absolute atomic E-state index is 12.3. The average Bonchev–Trinajstić information content (AvgIpc) is 2.45. The van der Waals surface area contributed by atoms with Crippen molar-refractivity contribution in [2.24, 2.45) is 5.41 Å². The fraction of sp³-hybridized carbons (Fsp3) is 0.733. The Kier molecular flexibility index (Phi) is 5.87. The predicted octanol–water partition coefficient (Wildman–Crippen LogP) is 2.03. The number of carbonyl (C=O) groups is 2. The van der Waals surface area contributed by atoms with Gasteiger partial charge in [0.25, 0.3) is 0 Å². The molecule has 5 heteroatoms. The smallest absolute Gasteiger partial charge is 0.320 e. The number of terminal acetylenes is 1. The number of carboxylic acid groups (broad SMARTS) is 1. The number of aliphatic carboxylic acids is 1. The summed E-state index contributed by atoms with van der Waals surface area (Å²) in [4.78, 5) is 27.1. The van der Waals surface area contributed by atoms with Gasteiger partial charge in [0.1, 0.15) is 0 Å². The SMILES string of the molecule is C#CCN(CC)C(=O)N1CCC(CCC)(C(=O)O)CC1. The van der Waals surface area contributed by atoms with E-state index in [0.29, 0.717) is 45.4 Å². The lowest BCUT2D eigenvalue weighted by Crippen LogP contribution is -2.50. The van der Waals surface area contributed by atoms with E-state index in [0.717, 1.165) is 6.42 Å². The zero-order valence-electron chi connectivity index (χ0n) is 12.4. The van der Waals surface area contributed by atoms with Crippen molar-refractivity contribution in [3.63, 3.8) is 0 Å². The number of carboxylic acids is 1. The van der Waals surface area contributed by atoms with Crippen LogP contribution in [-0.4, -0.2) is 53.1 Å². The first-order chi connectivity index (χ1) is 9.50. The second-order valence-corrected chi connectivity index (χ2v) is 5.32. The average molecular weight is 280 g/mol. The van der Waals surface area contributed by atoms with Crippen LogP contribution in [0, 0.1) is 17.8 Å². The highest BCUT2D eigenvalue weighted by Gasteiger charge is 2.41. The molecule has 1 saturated heterocycles. The Labute approximate surface area is 120 Å². The Hall–Kier alpha value is -1.70. The third kappa shape index (κ3) is 3.44. The minimum atomic E-state index is -0.734. The van der Waals surface area contributed by atoms with Gasteiger partial charge in [-0.25, -0.2) is 4.79 Å². The molecule has 1 rings (SSSR count). The standard InChI is InChI=1S/C15H24N2O3/c1-4-7-15(13(18)19)8-11-17(12-9-15)14(20)16(6-3)10-5-2/h2H,4,6-12H2,1,3H3,(H,18,19). The van der Waals surface area contributed by atoms with E-state index < -0.39 is 11.4 Å². The van der Waals surface area contributed by atoms with Crippen LogP contribution in [0.3, 0.4) is 0 Å². The van der Waals surface area contributed by atoms with E-state index >= 15 is 0 Å². The fourth-order valence-corrected chi connectivity index (χ4v) is 2.80. The van der Waals surface area contributed by atoms with Gasteiger partial charge in [-0.15, -0.1) is 6.42 Å². The topological polar surface area (TPSA) is 60.9 Å². The first-order valence-corrected chi connectivity index (χ1v) is 7.21. The summed E-state index contributed by atoms with van der Waals surface area (Å²) < 4.78 is 0. The highest BCUT2D eigenvalue weighted by atomic mass is 16.4. The Bertz CT molecular complexity index is 392. The molecule has 20 heavy (non-hydrogen) atoms. The first kappa shape index (κ1) is 16.4. The molecule has 0 saturated carbocycles. The number of carbonyl (C=O) groups excluding carboxylic acids is 1. The van der Waals surface area contributed by atoms with E-state index in [1.807, 2.05) is 13.8 Å². The number of nitrogens with zero attached hydrogens (tertiary/aromatic N) is 2. The highest BCUT2D eigenvalue weighted by Crippen LogP contribution is 2.36. The van der Waals surface area contributed by atoms with Crippen LogP contribution in [0.5, 0.6) is 0 Å². The van der Waals surface area contributed by atoms with Crippen LogP contribution in [0.15, 0.2) is 0 Å². The molecule has 0 unspecified atom stereocenters. The van der Waals surface area contributed by atoms with Crippen molar-refractivity contribution >= 4 is 12.0 Å². The molecular weight excluding hydrogens is 256 g/mol. The van der Waals surface area contributed by atoms with Crippen molar-refractivity contribution in [2.45, 2.75) is 39.5 Å². The molecule has 1 N–H and O–H groups in total. The molecule has 0 aromatic carbocycles. The summed E-state index contributed by atoms with van der Waals surface area (Å²) in [5, 5.41) is 9.44. The molecule has 0 aliphatic carbocycles. The molecule has 112 valence electrons. The largest absolute Gasteiger partial charge is 0.481 e. The van der Waals surface area contributed by atoms with E-state index in [1.54, 1.807) is 9.80 Å². The zero-order chi connectivity index (χ0) is 15.2. The summed E-state index contributed by atoms with van der Waals surface area (Å²) in [7, 11) is 0. The molecule has 1 heterocycles. The summed E-state index contributed by atoms with van der Waals surface area (Å²) in [6, 6.07) is -0.0825. The monoisotopic (exact) mass is 280 g/mol. The van der Waals surface area contributed by atoms with E-state index in [4.69, 9.17) is 6.42 Å². The Morgan fingerprint density at radius 1 is 1.35 bits per heavy atom.